The average Bonchev–Trinajstić information content (AvgIpc) is 3.44. The summed E-state index contributed by atoms with van der Waals surface area (Å²) in [6, 6.07) is 25.9. The van der Waals surface area contributed by atoms with Crippen LogP contribution in [0.1, 0.15) is 45.2 Å². The maximum atomic E-state index is 7.30. The number of methoxy groups -OCH3 is 1. The molecule has 0 fully saturated rings. The molecule has 5 aromatic rings. The van der Waals surface area contributed by atoms with Crippen LogP contribution < -0.4 is 20.4 Å². The lowest BCUT2D eigenvalue weighted by atomic mass is 9.99. The van der Waals surface area contributed by atoms with Gasteiger partial charge in [-0.1, -0.05) is 81.4 Å². The van der Waals surface area contributed by atoms with Crippen molar-refractivity contribution in [1.82, 2.24) is 24.6 Å². The highest BCUT2D eigenvalue weighted by atomic mass is 28.4. The lowest BCUT2D eigenvalue weighted by Crippen LogP contribution is -2.67. The van der Waals surface area contributed by atoms with Crippen molar-refractivity contribution in [3.05, 3.63) is 96.3 Å². The predicted octanol–water partition coefficient (Wildman–Crippen LogP) is 5.92. The van der Waals surface area contributed by atoms with Crippen molar-refractivity contribution in [2.24, 2.45) is 0 Å². The third-order valence-corrected chi connectivity index (χ3v) is 14.1. The Balaban J connectivity index is 1.24. The second-order valence-electron chi connectivity index (χ2n) is 13.2. The number of fused-ring (bicyclic) bond motifs is 2. The summed E-state index contributed by atoms with van der Waals surface area (Å²) >= 11 is 0. The summed E-state index contributed by atoms with van der Waals surface area (Å²) in [6.45, 7) is 11.8. The number of nitrogens with zero attached hydrogens (tertiary/aromatic N) is 5. The van der Waals surface area contributed by atoms with E-state index in [0.717, 1.165) is 48.4 Å². The summed E-state index contributed by atoms with van der Waals surface area (Å²) in [5, 5.41) is 11.5. The minimum atomic E-state index is -2.64. The summed E-state index contributed by atoms with van der Waals surface area (Å²) in [4.78, 5) is 11.8. The van der Waals surface area contributed by atoms with Crippen LogP contribution in [0.3, 0.4) is 0 Å². The predicted molar refractivity (Wildman–Crippen MR) is 184 cm³/mol. The molecular weight excluding hydrogens is 577 g/mol. The molecule has 9 heteroatoms. The number of anilines is 2. The molecule has 0 spiro atoms. The first kappa shape index (κ1) is 31.0. The topological polar surface area (TPSA) is 77.3 Å². The molecule has 0 saturated carbocycles. The van der Waals surface area contributed by atoms with Gasteiger partial charge in [0, 0.05) is 31.9 Å². The summed E-state index contributed by atoms with van der Waals surface area (Å²) in [5.74, 6) is 1.31. The molecule has 2 aromatic heterocycles. The van der Waals surface area contributed by atoms with Gasteiger partial charge in [0.15, 0.2) is 5.65 Å². The number of likely N-dealkylation sites (N-methyl/N-ethyl adjacent to an activating group) is 1. The van der Waals surface area contributed by atoms with Gasteiger partial charge in [0.2, 0.25) is 5.95 Å². The fourth-order valence-corrected chi connectivity index (χ4v) is 11.3. The largest absolute Gasteiger partial charge is 0.495 e. The van der Waals surface area contributed by atoms with Crippen LogP contribution in [0.4, 0.5) is 11.6 Å². The van der Waals surface area contributed by atoms with E-state index in [9.17, 15) is 0 Å². The maximum Gasteiger partial charge on any atom is 0.261 e. The molecule has 0 saturated heterocycles. The Morgan fingerprint density at radius 2 is 1.64 bits per heavy atom. The monoisotopic (exact) mass is 620 g/mol. The van der Waals surface area contributed by atoms with Crippen LogP contribution in [-0.2, 0) is 23.9 Å². The van der Waals surface area contributed by atoms with Gasteiger partial charge in [-0.05, 0) is 65.5 Å². The fraction of sp³-hybridized carbons (Fsp3) is 0.361. The molecule has 1 aliphatic rings. The third kappa shape index (κ3) is 6.25. The van der Waals surface area contributed by atoms with Crippen molar-refractivity contribution in [2.75, 3.05) is 26.0 Å². The van der Waals surface area contributed by atoms with E-state index in [0.29, 0.717) is 12.5 Å². The van der Waals surface area contributed by atoms with E-state index in [1.54, 1.807) is 7.11 Å². The zero-order chi connectivity index (χ0) is 31.6. The Labute approximate surface area is 267 Å². The highest BCUT2D eigenvalue weighted by Gasteiger charge is 2.50. The third-order valence-electron chi connectivity index (χ3n) is 8.89. The van der Waals surface area contributed by atoms with Crippen molar-refractivity contribution in [3.63, 3.8) is 0 Å². The normalized spacial score (nSPS) is 14.7. The standard InChI is InChI=1S/C36H44N6O2Si/c1-26(44-45(36(2,3)4,30-13-9-7-10-14-30)31-15-11-8-12-16-31)17-20-42-34-29(24-38-42)23-37-35(40-34)39-32-21-28-25-41(5)19-18-27(28)22-33(32)43-6/h7-16,21-24,26H,17-20,25H2,1-6H3,(H,37,39,40)/t26-/m1/s1. The molecule has 0 aliphatic carbocycles. The highest BCUT2D eigenvalue weighted by molar-refractivity contribution is 6.99. The number of nitrogens with one attached hydrogen (secondary N) is 1. The molecule has 234 valence electrons. The summed E-state index contributed by atoms with van der Waals surface area (Å²) in [6.07, 6.45) is 5.47. The molecule has 3 aromatic carbocycles. The molecule has 6 rings (SSSR count). The average molecular weight is 621 g/mol. The number of rotatable bonds is 10. The summed E-state index contributed by atoms with van der Waals surface area (Å²) < 4.78 is 15.0. The maximum absolute atomic E-state index is 7.30. The molecule has 45 heavy (non-hydrogen) atoms. The molecule has 0 amide bonds. The number of benzene rings is 3. The van der Waals surface area contributed by atoms with E-state index in [2.05, 4.69) is 128 Å². The fourth-order valence-electron chi connectivity index (χ4n) is 6.56. The second-order valence-corrected chi connectivity index (χ2v) is 17.4. The van der Waals surface area contributed by atoms with Gasteiger partial charge in [0.25, 0.3) is 8.32 Å². The van der Waals surface area contributed by atoms with Crippen LogP contribution in [-0.4, -0.2) is 59.8 Å². The van der Waals surface area contributed by atoms with Crippen LogP contribution in [0.2, 0.25) is 5.04 Å². The minimum absolute atomic E-state index is 0.00660. The second kappa shape index (κ2) is 12.7. The smallest absolute Gasteiger partial charge is 0.261 e. The number of hydrogen-bond acceptors (Lipinski definition) is 7. The Morgan fingerprint density at radius 1 is 0.956 bits per heavy atom. The van der Waals surface area contributed by atoms with Gasteiger partial charge in [-0.25, -0.2) is 9.67 Å². The van der Waals surface area contributed by atoms with E-state index in [1.807, 2.05) is 17.1 Å². The van der Waals surface area contributed by atoms with E-state index in [4.69, 9.17) is 14.1 Å². The summed E-state index contributed by atoms with van der Waals surface area (Å²) in [7, 11) is 1.21. The highest BCUT2D eigenvalue weighted by Crippen LogP contribution is 2.38. The van der Waals surface area contributed by atoms with E-state index in [1.165, 1.54) is 21.5 Å². The zero-order valence-corrected chi connectivity index (χ0v) is 28.2. The molecule has 1 N–H and O–H groups in total. The Hall–Kier alpha value is -4.05. The quantitative estimate of drug-likeness (QED) is 0.194. The first-order chi connectivity index (χ1) is 21.7. The molecule has 0 unspecified atom stereocenters. The van der Waals surface area contributed by atoms with Gasteiger partial charge < -0.3 is 19.4 Å². The lowest BCUT2D eigenvalue weighted by molar-refractivity contribution is 0.188. The molecule has 3 heterocycles. The number of ether oxygens (including phenoxy) is 1. The molecular formula is C36H44N6O2Si. The number of hydrogen-bond donors (Lipinski definition) is 1. The van der Waals surface area contributed by atoms with Gasteiger partial charge in [-0.15, -0.1) is 0 Å². The van der Waals surface area contributed by atoms with Crippen LogP contribution >= 0.6 is 0 Å². The van der Waals surface area contributed by atoms with Gasteiger partial charge in [-0.2, -0.15) is 10.1 Å². The van der Waals surface area contributed by atoms with Crippen molar-refractivity contribution >= 4 is 41.4 Å². The summed E-state index contributed by atoms with van der Waals surface area (Å²) in [5.41, 5.74) is 4.29. The van der Waals surface area contributed by atoms with Crippen LogP contribution in [0.15, 0.2) is 85.2 Å². The lowest BCUT2D eigenvalue weighted by Gasteiger charge is -2.44. The molecule has 0 bridgehead atoms. The molecule has 1 aliphatic heterocycles. The number of aromatic nitrogens is 4. The molecule has 8 nitrogen and oxygen atoms in total. The van der Waals surface area contributed by atoms with E-state index >= 15 is 0 Å². The van der Waals surface area contributed by atoms with Crippen LogP contribution in [0.25, 0.3) is 11.0 Å². The van der Waals surface area contributed by atoms with Crippen molar-refractivity contribution in [3.8, 4) is 5.75 Å². The van der Waals surface area contributed by atoms with Gasteiger partial charge in [0.1, 0.15) is 5.75 Å². The van der Waals surface area contributed by atoms with Crippen LogP contribution in [0.5, 0.6) is 5.75 Å². The molecule has 1 atom stereocenters. The minimum Gasteiger partial charge on any atom is -0.495 e. The Bertz CT molecular complexity index is 1710. The first-order valence-corrected chi connectivity index (χ1v) is 17.7. The van der Waals surface area contributed by atoms with Crippen LogP contribution in [0, 0.1) is 0 Å². The number of aryl methyl sites for hydroxylation is 1. The van der Waals surface area contributed by atoms with E-state index in [-0.39, 0.29) is 11.1 Å². The Morgan fingerprint density at radius 3 is 2.29 bits per heavy atom. The van der Waals surface area contributed by atoms with Crippen molar-refractivity contribution in [1.29, 1.82) is 0 Å². The van der Waals surface area contributed by atoms with Crippen molar-refractivity contribution in [2.45, 2.75) is 64.8 Å². The van der Waals surface area contributed by atoms with Gasteiger partial charge in [0.05, 0.1) is 24.4 Å². The zero-order valence-electron chi connectivity index (χ0n) is 27.2. The molecule has 0 radical (unpaired) electrons. The SMILES string of the molecule is COc1cc2c(cc1Nc1ncc3cnn(CC[C@@H](C)O[Si](c4ccccc4)(c4ccccc4)C(C)(C)C)c3n1)CN(C)CC2. The van der Waals surface area contributed by atoms with Gasteiger partial charge in [-0.3, -0.25) is 0 Å². The Kier molecular flexibility index (Phi) is 8.77. The first-order valence-electron chi connectivity index (χ1n) is 15.8. The van der Waals surface area contributed by atoms with Crippen molar-refractivity contribution < 1.29 is 9.16 Å². The van der Waals surface area contributed by atoms with Gasteiger partial charge >= 0.3 is 0 Å². The van der Waals surface area contributed by atoms with E-state index < -0.39 is 8.32 Å².